The van der Waals surface area contributed by atoms with E-state index in [0.29, 0.717) is 0 Å². The van der Waals surface area contributed by atoms with E-state index in [4.69, 9.17) is 4.74 Å². The lowest BCUT2D eigenvalue weighted by molar-refractivity contribution is 0.292. The lowest BCUT2D eigenvalue weighted by Crippen LogP contribution is -2.23. The summed E-state index contributed by atoms with van der Waals surface area (Å²) in [6.07, 6.45) is 1.09. The molecule has 0 saturated carbocycles. The van der Waals surface area contributed by atoms with Gasteiger partial charge in [0.1, 0.15) is 36.1 Å². The predicted octanol–water partition coefficient (Wildman–Crippen LogP) is 2.87. The number of aromatic nitrogens is 3. The molecule has 0 bridgehead atoms. The summed E-state index contributed by atoms with van der Waals surface area (Å²) in [6, 6.07) is 6.55. The van der Waals surface area contributed by atoms with Crippen LogP contribution in [0.5, 0.6) is 11.5 Å². The molecule has 0 radical (unpaired) electrons. The Labute approximate surface area is 187 Å². The van der Waals surface area contributed by atoms with Crippen LogP contribution in [-0.2, 0) is 27.1 Å². The van der Waals surface area contributed by atoms with E-state index in [1.54, 1.807) is 0 Å². The molecule has 0 fully saturated rings. The smallest absolute Gasteiger partial charge is 0.488 e. The molecule has 2 aromatic carbocycles. The van der Waals surface area contributed by atoms with Crippen LogP contribution in [0.25, 0.3) is 5.69 Å². The molecule has 0 amide bonds. The van der Waals surface area contributed by atoms with Crippen molar-refractivity contribution in [3.63, 3.8) is 0 Å². The van der Waals surface area contributed by atoms with E-state index in [-0.39, 0.29) is 23.1 Å². The van der Waals surface area contributed by atoms with Gasteiger partial charge in [0.05, 0.1) is 16.5 Å². The monoisotopic (exact) mass is 506 g/mol. The van der Waals surface area contributed by atoms with Crippen molar-refractivity contribution >= 4 is 26.5 Å². The zero-order valence-corrected chi connectivity index (χ0v) is 18.7. The summed E-state index contributed by atoms with van der Waals surface area (Å²) in [7, 11) is -8.88. The van der Waals surface area contributed by atoms with Gasteiger partial charge in [0.15, 0.2) is 0 Å². The number of anilines is 1. The number of nitrogens with zero attached hydrogens (tertiary/aromatic N) is 3. The second-order valence-corrected chi connectivity index (χ2v) is 10.0. The van der Waals surface area contributed by atoms with Crippen LogP contribution in [0.15, 0.2) is 42.7 Å². The minimum Gasteiger partial charge on any atom is -0.489 e. The number of ether oxygens (including phenoxy) is 1. The number of hydrogen-bond acceptors (Lipinski definition) is 8. The Balaban J connectivity index is 1.72. The standard InChI is InChI=1S/C18H17F3N4O6S2/c1-11(2)32(26,27)24-18-22-10-25(23-18)12-7-16(19)15(17(20)8-12)9-30-13-3-5-14(6-4-13)31-33(21,28)29/h3-8,10-11H,9H2,1-2H3,(H,23,24). The molecule has 15 heteroatoms. The van der Waals surface area contributed by atoms with Crippen molar-refractivity contribution in [1.82, 2.24) is 14.8 Å². The highest BCUT2D eigenvalue weighted by Crippen LogP contribution is 2.23. The lowest BCUT2D eigenvalue weighted by Gasteiger charge is -2.10. The lowest BCUT2D eigenvalue weighted by atomic mass is 10.2. The Hall–Kier alpha value is -3.33. The van der Waals surface area contributed by atoms with Gasteiger partial charge in [-0.2, -0.15) is 13.4 Å². The van der Waals surface area contributed by atoms with Crippen molar-refractivity contribution in [3.05, 3.63) is 59.9 Å². The number of nitrogens with one attached hydrogen (secondary N) is 1. The van der Waals surface area contributed by atoms with Crippen LogP contribution in [0.4, 0.5) is 18.6 Å². The van der Waals surface area contributed by atoms with Gasteiger partial charge in [-0.1, -0.05) is 3.89 Å². The molecular weight excluding hydrogens is 489 g/mol. The molecule has 0 unspecified atom stereocenters. The number of benzene rings is 2. The fourth-order valence-electron chi connectivity index (χ4n) is 2.40. The minimum atomic E-state index is -5.18. The Morgan fingerprint density at radius 1 is 1.03 bits per heavy atom. The van der Waals surface area contributed by atoms with Gasteiger partial charge in [-0.25, -0.2) is 26.6 Å². The quantitative estimate of drug-likeness (QED) is 0.439. The second kappa shape index (κ2) is 9.27. The first-order chi connectivity index (χ1) is 15.3. The molecule has 1 heterocycles. The molecule has 33 heavy (non-hydrogen) atoms. The number of rotatable bonds is 9. The molecule has 3 aromatic rings. The van der Waals surface area contributed by atoms with Crippen LogP contribution in [-0.4, -0.2) is 36.8 Å². The summed E-state index contributed by atoms with van der Waals surface area (Å²) < 4.78 is 98.6. The maximum atomic E-state index is 14.5. The zero-order valence-electron chi connectivity index (χ0n) is 17.1. The summed E-state index contributed by atoms with van der Waals surface area (Å²) in [5, 5.41) is 3.12. The first-order valence-electron chi connectivity index (χ1n) is 9.12. The third kappa shape index (κ3) is 6.35. The van der Waals surface area contributed by atoms with Crippen LogP contribution in [0.1, 0.15) is 19.4 Å². The Bertz CT molecular complexity index is 1340. The predicted molar refractivity (Wildman–Crippen MR) is 110 cm³/mol. The molecule has 0 spiro atoms. The average Bonchev–Trinajstić information content (AvgIpc) is 3.15. The zero-order chi connectivity index (χ0) is 24.4. The van der Waals surface area contributed by atoms with Gasteiger partial charge < -0.3 is 8.92 Å². The van der Waals surface area contributed by atoms with E-state index in [9.17, 15) is 29.5 Å². The Morgan fingerprint density at radius 2 is 1.61 bits per heavy atom. The highest BCUT2D eigenvalue weighted by molar-refractivity contribution is 7.93. The third-order valence-electron chi connectivity index (χ3n) is 4.14. The van der Waals surface area contributed by atoms with Gasteiger partial charge in [0.2, 0.25) is 10.0 Å². The van der Waals surface area contributed by atoms with Crippen molar-refractivity contribution in [2.24, 2.45) is 0 Å². The molecule has 0 aliphatic carbocycles. The van der Waals surface area contributed by atoms with E-state index >= 15 is 0 Å². The van der Waals surface area contributed by atoms with Gasteiger partial charge in [-0.15, -0.1) is 5.10 Å². The molecule has 10 nitrogen and oxygen atoms in total. The highest BCUT2D eigenvalue weighted by atomic mass is 32.3. The van der Waals surface area contributed by atoms with Crippen LogP contribution in [0, 0.1) is 11.6 Å². The van der Waals surface area contributed by atoms with E-state index in [1.807, 2.05) is 0 Å². The number of hydrogen-bond donors (Lipinski definition) is 1. The second-order valence-electron chi connectivity index (χ2n) is 6.83. The summed E-state index contributed by atoms with van der Waals surface area (Å²) in [4.78, 5) is 3.77. The molecular formula is C18H17F3N4O6S2. The van der Waals surface area contributed by atoms with E-state index in [0.717, 1.165) is 35.3 Å². The molecule has 0 saturated heterocycles. The fraction of sp³-hybridized carbons (Fsp3) is 0.222. The molecule has 0 aliphatic rings. The van der Waals surface area contributed by atoms with Gasteiger partial charge in [-0.05, 0) is 38.1 Å². The maximum Gasteiger partial charge on any atom is 0.488 e. The van der Waals surface area contributed by atoms with Gasteiger partial charge in [0, 0.05) is 12.1 Å². The van der Waals surface area contributed by atoms with E-state index in [2.05, 4.69) is 19.0 Å². The average molecular weight is 506 g/mol. The van der Waals surface area contributed by atoms with Crippen molar-refractivity contribution in [1.29, 1.82) is 0 Å². The van der Waals surface area contributed by atoms with Crippen LogP contribution >= 0.6 is 0 Å². The molecule has 0 aliphatic heterocycles. The number of sulfonamides is 1. The first-order valence-corrected chi connectivity index (χ1v) is 12.0. The molecule has 1 N–H and O–H groups in total. The Morgan fingerprint density at radius 3 is 2.15 bits per heavy atom. The molecule has 178 valence electrons. The van der Waals surface area contributed by atoms with Crippen LogP contribution in [0.3, 0.4) is 0 Å². The van der Waals surface area contributed by atoms with Crippen molar-refractivity contribution in [2.75, 3.05) is 4.72 Å². The normalized spacial score (nSPS) is 12.1. The van der Waals surface area contributed by atoms with Gasteiger partial charge in [0.25, 0.3) is 5.95 Å². The maximum absolute atomic E-state index is 14.5. The van der Waals surface area contributed by atoms with E-state index in [1.165, 1.54) is 26.0 Å². The summed E-state index contributed by atoms with van der Waals surface area (Å²) >= 11 is 0. The SMILES string of the molecule is CC(C)S(=O)(=O)Nc1ncn(-c2cc(F)c(COc3ccc(OS(=O)(=O)F)cc3)c(F)c2)n1. The molecule has 0 atom stereocenters. The van der Waals surface area contributed by atoms with Crippen molar-refractivity contribution in [3.8, 4) is 17.2 Å². The van der Waals surface area contributed by atoms with Crippen molar-refractivity contribution < 1.29 is 38.4 Å². The summed E-state index contributed by atoms with van der Waals surface area (Å²) in [6.45, 7) is 2.40. The third-order valence-corrected chi connectivity index (χ3v) is 6.24. The fourth-order valence-corrected chi connectivity index (χ4v) is 3.33. The number of halogens is 3. The molecule has 1 aromatic heterocycles. The summed E-state index contributed by atoms with van der Waals surface area (Å²) in [5.74, 6) is -2.39. The highest BCUT2D eigenvalue weighted by Gasteiger charge is 2.19. The van der Waals surface area contributed by atoms with Crippen LogP contribution in [0.2, 0.25) is 0 Å². The summed E-state index contributed by atoms with van der Waals surface area (Å²) in [5.41, 5.74) is -0.462. The first kappa shape index (κ1) is 24.3. The largest absolute Gasteiger partial charge is 0.489 e. The van der Waals surface area contributed by atoms with Gasteiger partial charge >= 0.3 is 10.5 Å². The Kier molecular flexibility index (Phi) is 6.83. The van der Waals surface area contributed by atoms with Crippen LogP contribution < -0.4 is 13.6 Å². The van der Waals surface area contributed by atoms with Crippen molar-refractivity contribution in [2.45, 2.75) is 25.7 Å². The van der Waals surface area contributed by atoms with E-state index < -0.39 is 49.6 Å². The molecule has 3 rings (SSSR count). The van der Waals surface area contributed by atoms with Gasteiger partial charge in [-0.3, -0.25) is 0 Å². The minimum absolute atomic E-state index is 0.0508. The topological polar surface area (TPSA) is 129 Å².